The molecule has 2 aromatic carbocycles. The van der Waals surface area contributed by atoms with Crippen LogP contribution in [0.15, 0.2) is 42.5 Å². The molecule has 0 saturated heterocycles. The molecule has 0 fully saturated rings. The van der Waals surface area contributed by atoms with Crippen molar-refractivity contribution in [2.45, 2.75) is 12.8 Å². The molecule has 1 aromatic heterocycles. The van der Waals surface area contributed by atoms with Gasteiger partial charge in [-0.05, 0) is 24.5 Å². The van der Waals surface area contributed by atoms with Crippen LogP contribution in [0.4, 0.5) is 0 Å². The van der Waals surface area contributed by atoms with E-state index in [0.717, 1.165) is 18.7 Å². The summed E-state index contributed by atoms with van der Waals surface area (Å²) >= 11 is 5.77. The van der Waals surface area contributed by atoms with Crippen LogP contribution in [0.25, 0.3) is 21.8 Å². The summed E-state index contributed by atoms with van der Waals surface area (Å²) in [4.78, 5) is 3.51. The number of rotatable bonds is 3. The molecule has 0 unspecified atom stereocenters. The molecule has 3 aromatic rings. The number of aromatic amines is 1. The van der Waals surface area contributed by atoms with Crippen LogP contribution in [0, 0.1) is 0 Å². The number of aryl methyl sites for hydroxylation is 1. The topological polar surface area (TPSA) is 15.8 Å². The van der Waals surface area contributed by atoms with Gasteiger partial charge in [0.15, 0.2) is 0 Å². The van der Waals surface area contributed by atoms with Crippen molar-refractivity contribution in [3.05, 3.63) is 48.0 Å². The standard InChI is InChI=1S/C15H14ClN/c16-10-4-6-11-5-3-8-13-12-7-1-2-9-14(12)17-15(11)13/h1-3,5,7-9,17H,4,6,10H2. The molecule has 0 atom stereocenters. The predicted molar refractivity (Wildman–Crippen MR) is 74.8 cm³/mol. The van der Waals surface area contributed by atoms with E-state index in [1.807, 2.05) is 0 Å². The van der Waals surface area contributed by atoms with Crippen molar-refractivity contribution in [1.82, 2.24) is 4.98 Å². The Kier molecular flexibility index (Phi) is 2.77. The van der Waals surface area contributed by atoms with Gasteiger partial charge in [0.25, 0.3) is 0 Å². The second-order valence-corrected chi connectivity index (χ2v) is 4.68. The van der Waals surface area contributed by atoms with E-state index in [1.165, 1.54) is 27.4 Å². The van der Waals surface area contributed by atoms with Gasteiger partial charge in [-0.15, -0.1) is 11.6 Å². The Bertz CT molecular complexity index is 654. The Morgan fingerprint density at radius 1 is 0.941 bits per heavy atom. The van der Waals surface area contributed by atoms with Gasteiger partial charge < -0.3 is 4.98 Å². The minimum Gasteiger partial charge on any atom is -0.354 e. The molecule has 3 rings (SSSR count). The molecule has 17 heavy (non-hydrogen) atoms. The molecular formula is C15H14ClN. The second-order valence-electron chi connectivity index (χ2n) is 4.30. The molecule has 0 bridgehead atoms. The van der Waals surface area contributed by atoms with E-state index in [2.05, 4.69) is 47.4 Å². The number of fused-ring (bicyclic) bond motifs is 3. The summed E-state index contributed by atoms with van der Waals surface area (Å²) in [6, 6.07) is 14.9. The first-order valence-corrected chi connectivity index (χ1v) is 6.48. The highest BCUT2D eigenvalue weighted by Gasteiger charge is 2.06. The Balaban J connectivity index is 2.24. The number of H-pyrrole nitrogens is 1. The summed E-state index contributed by atoms with van der Waals surface area (Å²) in [5, 5.41) is 2.61. The summed E-state index contributed by atoms with van der Waals surface area (Å²) in [6.07, 6.45) is 2.06. The molecule has 0 aliphatic rings. The van der Waals surface area contributed by atoms with Crippen molar-refractivity contribution in [2.75, 3.05) is 5.88 Å². The van der Waals surface area contributed by atoms with E-state index >= 15 is 0 Å². The van der Waals surface area contributed by atoms with E-state index in [-0.39, 0.29) is 0 Å². The average Bonchev–Trinajstić information content (AvgIpc) is 2.75. The lowest BCUT2D eigenvalue weighted by atomic mass is 10.1. The predicted octanol–water partition coefficient (Wildman–Crippen LogP) is 4.49. The number of aromatic nitrogens is 1. The molecule has 0 aliphatic heterocycles. The molecule has 1 N–H and O–H groups in total. The highest BCUT2D eigenvalue weighted by atomic mass is 35.5. The maximum absolute atomic E-state index is 5.77. The monoisotopic (exact) mass is 243 g/mol. The smallest absolute Gasteiger partial charge is 0.0497 e. The fourth-order valence-corrected chi connectivity index (χ4v) is 2.53. The van der Waals surface area contributed by atoms with Crippen molar-refractivity contribution < 1.29 is 0 Å². The third kappa shape index (κ3) is 1.81. The average molecular weight is 244 g/mol. The van der Waals surface area contributed by atoms with Gasteiger partial charge in [0.05, 0.1) is 0 Å². The summed E-state index contributed by atoms with van der Waals surface area (Å²) in [5.41, 5.74) is 3.83. The van der Waals surface area contributed by atoms with Crippen LogP contribution in [0.3, 0.4) is 0 Å². The fourth-order valence-electron chi connectivity index (χ4n) is 2.40. The molecule has 86 valence electrons. The van der Waals surface area contributed by atoms with Crippen molar-refractivity contribution >= 4 is 33.4 Å². The first kappa shape index (κ1) is 10.7. The van der Waals surface area contributed by atoms with Crippen LogP contribution in [0.2, 0.25) is 0 Å². The number of para-hydroxylation sites is 2. The van der Waals surface area contributed by atoms with Gasteiger partial charge >= 0.3 is 0 Å². The van der Waals surface area contributed by atoms with Crippen LogP contribution in [0.1, 0.15) is 12.0 Å². The lowest BCUT2D eigenvalue weighted by Crippen LogP contribution is -1.87. The Labute approximate surface area is 105 Å². The Morgan fingerprint density at radius 2 is 1.76 bits per heavy atom. The van der Waals surface area contributed by atoms with E-state index in [0.29, 0.717) is 0 Å². The number of benzene rings is 2. The van der Waals surface area contributed by atoms with Gasteiger partial charge in [0.1, 0.15) is 0 Å². The summed E-state index contributed by atoms with van der Waals surface area (Å²) in [5.74, 6) is 0.719. The van der Waals surface area contributed by atoms with Crippen molar-refractivity contribution in [3.63, 3.8) is 0 Å². The van der Waals surface area contributed by atoms with Crippen LogP contribution in [-0.2, 0) is 6.42 Å². The SMILES string of the molecule is ClCCCc1cccc2c1[nH]c1ccccc12. The molecule has 0 spiro atoms. The zero-order valence-electron chi connectivity index (χ0n) is 9.54. The lowest BCUT2D eigenvalue weighted by molar-refractivity contribution is 0.934. The lowest BCUT2D eigenvalue weighted by Gasteiger charge is -2.01. The minimum absolute atomic E-state index is 0.719. The minimum atomic E-state index is 0.719. The van der Waals surface area contributed by atoms with E-state index in [4.69, 9.17) is 11.6 Å². The van der Waals surface area contributed by atoms with Crippen molar-refractivity contribution in [1.29, 1.82) is 0 Å². The number of hydrogen-bond donors (Lipinski definition) is 1. The molecule has 0 aliphatic carbocycles. The highest BCUT2D eigenvalue weighted by Crippen LogP contribution is 2.27. The molecule has 1 heterocycles. The highest BCUT2D eigenvalue weighted by molar-refractivity contribution is 6.17. The van der Waals surface area contributed by atoms with Gasteiger partial charge in [-0.2, -0.15) is 0 Å². The van der Waals surface area contributed by atoms with E-state index < -0.39 is 0 Å². The van der Waals surface area contributed by atoms with Crippen LogP contribution >= 0.6 is 11.6 Å². The molecule has 1 nitrogen and oxygen atoms in total. The molecule has 0 radical (unpaired) electrons. The third-order valence-corrected chi connectivity index (χ3v) is 3.47. The second kappa shape index (κ2) is 4.42. The van der Waals surface area contributed by atoms with Gasteiger partial charge in [-0.1, -0.05) is 36.4 Å². The van der Waals surface area contributed by atoms with Gasteiger partial charge in [-0.25, -0.2) is 0 Å². The van der Waals surface area contributed by atoms with Crippen LogP contribution in [-0.4, -0.2) is 10.9 Å². The maximum atomic E-state index is 5.77. The molecule has 2 heteroatoms. The number of nitrogens with one attached hydrogen (secondary N) is 1. The summed E-state index contributed by atoms with van der Waals surface area (Å²) < 4.78 is 0. The number of hydrogen-bond acceptors (Lipinski definition) is 0. The Morgan fingerprint density at radius 3 is 2.65 bits per heavy atom. The largest absolute Gasteiger partial charge is 0.354 e. The van der Waals surface area contributed by atoms with Crippen molar-refractivity contribution in [2.24, 2.45) is 0 Å². The van der Waals surface area contributed by atoms with E-state index in [1.54, 1.807) is 0 Å². The van der Waals surface area contributed by atoms with Gasteiger partial charge in [0, 0.05) is 27.7 Å². The zero-order chi connectivity index (χ0) is 11.7. The van der Waals surface area contributed by atoms with Gasteiger partial charge in [0.2, 0.25) is 0 Å². The van der Waals surface area contributed by atoms with Crippen molar-refractivity contribution in [3.8, 4) is 0 Å². The number of alkyl halides is 1. The van der Waals surface area contributed by atoms with Crippen LogP contribution < -0.4 is 0 Å². The summed E-state index contributed by atoms with van der Waals surface area (Å²) in [7, 11) is 0. The van der Waals surface area contributed by atoms with Gasteiger partial charge in [-0.3, -0.25) is 0 Å². The zero-order valence-corrected chi connectivity index (χ0v) is 10.3. The molecule has 0 amide bonds. The quantitative estimate of drug-likeness (QED) is 0.653. The molecule has 0 saturated carbocycles. The Hall–Kier alpha value is -1.47. The normalized spacial score (nSPS) is 11.4. The van der Waals surface area contributed by atoms with Crippen LogP contribution in [0.5, 0.6) is 0 Å². The molecular weight excluding hydrogens is 230 g/mol. The maximum Gasteiger partial charge on any atom is 0.0497 e. The van der Waals surface area contributed by atoms with E-state index in [9.17, 15) is 0 Å². The first-order chi connectivity index (χ1) is 8.40. The first-order valence-electron chi connectivity index (χ1n) is 5.94. The summed E-state index contributed by atoms with van der Waals surface area (Å²) in [6.45, 7) is 0. The number of halogens is 1. The fraction of sp³-hybridized carbons (Fsp3) is 0.200. The third-order valence-electron chi connectivity index (χ3n) is 3.21.